The van der Waals surface area contributed by atoms with Gasteiger partial charge in [-0.2, -0.15) is 0 Å². The molecule has 0 radical (unpaired) electrons. The van der Waals surface area contributed by atoms with E-state index in [9.17, 15) is 5.11 Å². The molecular formula is C18H24ClNO3. The van der Waals surface area contributed by atoms with Gasteiger partial charge in [-0.3, -0.25) is 0 Å². The molecule has 2 aromatic carbocycles. The molecule has 0 saturated heterocycles. The summed E-state index contributed by atoms with van der Waals surface area (Å²) >= 11 is 0. The highest BCUT2D eigenvalue weighted by Crippen LogP contribution is 2.31. The molecule has 23 heavy (non-hydrogen) atoms. The Balaban J connectivity index is 0.00000264. The molecule has 0 spiro atoms. The largest absolute Gasteiger partial charge is 0.487 e. The third-order valence-corrected chi connectivity index (χ3v) is 3.01. The number of benzene rings is 2. The summed E-state index contributed by atoms with van der Waals surface area (Å²) in [5.41, 5.74) is 0. The predicted octanol–water partition coefficient (Wildman–Crippen LogP) is 3.64. The van der Waals surface area contributed by atoms with Gasteiger partial charge in [-0.05, 0) is 24.3 Å². The van der Waals surface area contributed by atoms with Gasteiger partial charge in [0, 0.05) is 12.6 Å². The van der Waals surface area contributed by atoms with Gasteiger partial charge in [0.1, 0.15) is 18.5 Å². The van der Waals surface area contributed by atoms with Gasteiger partial charge in [-0.1, -0.05) is 44.2 Å². The van der Waals surface area contributed by atoms with Crippen LogP contribution in [-0.2, 0) is 0 Å². The molecule has 5 heteroatoms. The van der Waals surface area contributed by atoms with Crippen LogP contribution in [0.3, 0.4) is 0 Å². The van der Waals surface area contributed by atoms with Gasteiger partial charge in [0.25, 0.3) is 0 Å². The lowest BCUT2D eigenvalue weighted by Crippen LogP contribution is -2.35. The van der Waals surface area contributed by atoms with Crippen molar-refractivity contribution in [3.63, 3.8) is 0 Å². The van der Waals surface area contributed by atoms with Crippen molar-refractivity contribution >= 4 is 12.4 Å². The third-order valence-electron chi connectivity index (χ3n) is 3.01. The SMILES string of the molecule is CC(C)NCC(O)COc1ccccc1Oc1ccccc1.Cl. The summed E-state index contributed by atoms with van der Waals surface area (Å²) < 4.78 is 11.5. The number of hydrogen-bond acceptors (Lipinski definition) is 4. The third kappa shape index (κ3) is 6.91. The zero-order valence-corrected chi connectivity index (χ0v) is 14.3. The van der Waals surface area contributed by atoms with Crippen molar-refractivity contribution in [1.82, 2.24) is 5.32 Å². The predicted molar refractivity (Wildman–Crippen MR) is 94.8 cm³/mol. The molecular weight excluding hydrogens is 314 g/mol. The van der Waals surface area contributed by atoms with Crippen molar-refractivity contribution in [2.75, 3.05) is 13.2 Å². The number of aliphatic hydroxyl groups is 1. The number of rotatable bonds is 8. The highest BCUT2D eigenvalue weighted by atomic mass is 35.5. The van der Waals surface area contributed by atoms with Crippen LogP contribution in [-0.4, -0.2) is 30.4 Å². The number of nitrogens with one attached hydrogen (secondary N) is 1. The summed E-state index contributed by atoms with van der Waals surface area (Å²) in [5, 5.41) is 13.1. The molecule has 0 aliphatic heterocycles. The molecule has 0 aliphatic carbocycles. The molecule has 1 unspecified atom stereocenters. The molecule has 126 valence electrons. The minimum atomic E-state index is -0.563. The van der Waals surface area contributed by atoms with E-state index in [0.717, 1.165) is 5.75 Å². The number of ether oxygens (including phenoxy) is 2. The molecule has 0 amide bonds. The number of hydrogen-bond donors (Lipinski definition) is 2. The maximum Gasteiger partial charge on any atom is 0.169 e. The van der Waals surface area contributed by atoms with E-state index >= 15 is 0 Å². The lowest BCUT2D eigenvalue weighted by molar-refractivity contribution is 0.103. The van der Waals surface area contributed by atoms with Crippen LogP contribution in [0.2, 0.25) is 0 Å². The lowest BCUT2D eigenvalue weighted by atomic mass is 10.3. The number of halogens is 1. The van der Waals surface area contributed by atoms with Crippen LogP contribution in [0.25, 0.3) is 0 Å². The first-order chi connectivity index (χ1) is 10.6. The second kappa shape index (κ2) is 10.1. The Bertz CT molecular complexity index is 563. The van der Waals surface area contributed by atoms with Crippen LogP contribution >= 0.6 is 12.4 Å². The molecule has 0 aromatic heterocycles. The molecule has 0 bridgehead atoms. The van der Waals surface area contributed by atoms with Crippen LogP contribution in [0.5, 0.6) is 17.2 Å². The van der Waals surface area contributed by atoms with Gasteiger partial charge in [0.15, 0.2) is 11.5 Å². The summed E-state index contributed by atoms with van der Waals surface area (Å²) in [6, 6.07) is 17.3. The molecule has 0 fully saturated rings. The highest BCUT2D eigenvalue weighted by Gasteiger charge is 2.09. The van der Waals surface area contributed by atoms with Crippen LogP contribution in [0.15, 0.2) is 54.6 Å². The van der Waals surface area contributed by atoms with Gasteiger partial charge in [0.05, 0.1) is 0 Å². The quantitative estimate of drug-likeness (QED) is 0.772. The monoisotopic (exact) mass is 337 g/mol. The van der Waals surface area contributed by atoms with Crippen LogP contribution < -0.4 is 14.8 Å². The Labute approximate surface area is 143 Å². The van der Waals surface area contributed by atoms with Gasteiger partial charge in [0.2, 0.25) is 0 Å². The fourth-order valence-electron chi connectivity index (χ4n) is 1.89. The van der Waals surface area contributed by atoms with Crippen LogP contribution in [0.1, 0.15) is 13.8 Å². The number of para-hydroxylation sites is 3. The minimum Gasteiger partial charge on any atom is -0.487 e. The molecule has 2 rings (SSSR count). The standard InChI is InChI=1S/C18H23NO3.ClH/c1-14(2)19-12-15(20)13-21-17-10-6-7-11-18(17)22-16-8-4-3-5-9-16;/h3-11,14-15,19-20H,12-13H2,1-2H3;1H. The normalized spacial score (nSPS) is 11.7. The van der Waals surface area contributed by atoms with Crippen molar-refractivity contribution < 1.29 is 14.6 Å². The van der Waals surface area contributed by atoms with Gasteiger partial charge >= 0.3 is 0 Å². The van der Waals surface area contributed by atoms with Crippen LogP contribution in [0.4, 0.5) is 0 Å². The van der Waals surface area contributed by atoms with Crippen LogP contribution in [0, 0.1) is 0 Å². The topological polar surface area (TPSA) is 50.7 Å². The van der Waals surface area contributed by atoms with E-state index in [0.29, 0.717) is 24.1 Å². The maximum absolute atomic E-state index is 9.91. The molecule has 0 heterocycles. The molecule has 1 atom stereocenters. The minimum absolute atomic E-state index is 0. The average Bonchev–Trinajstić information content (AvgIpc) is 2.53. The molecule has 0 aliphatic rings. The van der Waals surface area contributed by atoms with E-state index in [1.165, 1.54) is 0 Å². The summed E-state index contributed by atoms with van der Waals surface area (Å²) in [4.78, 5) is 0. The van der Waals surface area contributed by atoms with E-state index in [-0.39, 0.29) is 19.0 Å². The Kier molecular flexibility index (Phi) is 8.48. The molecule has 0 saturated carbocycles. The van der Waals surface area contributed by atoms with E-state index < -0.39 is 6.10 Å². The second-order valence-corrected chi connectivity index (χ2v) is 5.39. The van der Waals surface area contributed by atoms with E-state index in [2.05, 4.69) is 5.32 Å². The lowest BCUT2D eigenvalue weighted by Gasteiger charge is -2.16. The van der Waals surface area contributed by atoms with Crippen molar-refractivity contribution in [1.29, 1.82) is 0 Å². The van der Waals surface area contributed by atoms with Gasteiger partial charge < -0.3 is 19.9 Å². The second-order valence-electron chi connectivity index (χ2n) is 5.39. The smallest absolute Gasteiger partial charge is 0.169 e. The Hall–Kier alpha value is -1.75. The summed E-state index contributed by atoms with van der Waals surface area (Å²) in [6.07, 6.45) is -0.563. The number of aliphatic hydroxyl groups excluding tert-OH is 1. The first-order valence-electron chi connectivity index (χ1n) is 7.51. The zero-order chi connectivity index (χ0) is 15.8. The van der Waals surface area contributed by atoms with Crippen molar-refractivity contribution in [3.05, 3.63) is 54.6 Å². The first kappa shape index (κ1) is 19.3. The van der Waals surface area contributed by atoms with E-state index in [1.807, 2.05) is 68.4 Å². The molecule has 4 nitrogen and oxygen atoms in total. The Morgan fingerprint density at radius 1 is 0.957 bits per heavy atom. The van der Waals surface area contributed by atoms with Crippen molar-refractivity contribution in [2.24, 2.45) is 0 Å². The summed E-state index contributed by atoms with van der Waals surface area (Å²) in [6.45, 7) is 4.79. The highest BCUT2D eigenvalue weighted by molar-refractivity contribution is 5.85. The fraction of sp³-hybridized carbons (Fsp3) is 0.333. The summed E-state index contributed by atoms with van der Waals surface area (Å²) in [5.74, 6) is 2.01. The Morgan fingerprint density at radius 2 is 1.57 bits per heavy atom. The first-order valence-corrected chi connectivity index (χ1v) is 7.51. The molecule has 2 N–H and O–H groups in total. The van der Waals surface area contributed by atoms with Gasteiger partial charge in [-0.15, -0.1) is 12.4 Å². The van der Waals surface area contributed by atoms with Crippen molar-refractivity contribution in [3.8, 4) is 17.2 Å². The van der Waals surface area contributed by atoms with Crippen molar-refractivity contribution in [2.45, 2.75) is 26.0 Å². The van der Waals surface area contributed by atoms with E-state index in [4.69, 9.17) is 9.47 Å². The van der Waals surface area contributed by atoms with E-state index in [1.54, 1.807) is 0 Å². The maximum atomic E-state index is 9.91. The average molecular weight is 338 g/mol. The molecule has 2 aromatic rings. The Morgan fingerprint density at radius 3 is 2.22 bits per heavy atom. The van der Waals surface area contributed by atoms with Gasteiger partial charge in [-0.25, -0.2) is 0 Å². The summed E-state index contributed by atoms with van der Waals surface area (Å²) in [7, 11) is 0. The fourth-order valence-corrected chi connectivity index (χ4v) is 1.89. The zero-order valence-electron chi connectivity index (χ0n) is 13.4.